The Bertz CT molecular complexity index is 1210. The summed E-state index contributed by atoms with van der Waals surface area (Å²) in [7, 11) is 1.95. The van der Waals surface area contributed by atoms with Crippen molar-refractivity contribution < 1.29 is 9.90 Å². The van der Waals surface area contributed by atoms with Gasteiger partial charge in [-0.25, -0.2) is 0 Å². The van der Waals surface area contributed by atoms with E-state index in [-0.39, 0.29) is 11.9 Å². The number of carbonyl (C=O) groups excluding carboxylic acids is 1. The molecule has 2 aliphatic heterocycles. The molecule has 0 bridgehead atoms. The first-order valence-corrected chi connectivity index (χ1v) is 12.6. The Kier molecular flexibility index (Phi) is 5.54. The normalized spacial score (nSPS) is 23.6. The van der Waals surface area contributed by atoms with Crippen LogP contribution in [0.5, 0.6) is 0 Å². The lowest BCUT2D eigenvalue weighted by atomic mass is 9.91. The minimum Gasteiger partial charge on any atom is -0.391 e. The zero-order valence-corrected chi connectivity index (χ0v) is 19.9. The monoisotopic (exact) mass is 459 g/mol. The molecule has 178 valence electrons. The molecule has 34 heavy (non-hydrogen) atoms. The Morgan fingerprint density at radius 3 is 2.56 bits per heavy atom. The first-order valence-electron chi connectivity index (χ1n) is 12.6. The largest absolute Gasteiger partial charge is 0.391 e. The third-order valence-corrected chi connectivity index (χ3v) is 7.98. The van der Waals surface area contributed by atoms with Crippen LogP contribution in [0.1, 0.15) is 47.2 Å². The lowest BCUT2D eigenvalue weighted by Gasteiger charge is -2.35. The van der Waals surface area contributed by atoms with E-state index < -0.39 is 6.10 Å². The van der Waals surface area contributed by atoms with Crippen LogP contribution in [0.3, 0.4) is 0 Å². The van der Waals surface area contributed by atoms with Crippen molar-refractivity contribution in [1.29, 1.82) is 0 Å². The SMILES string of the molecule is Cn1cc(N2CCN(Cc3cc4c(c5ccccc35)CN(C3CCCCC3O)C4=O)CC2)cn1. The third kappa shape index (κ3) is 3.77. The van der Waals surface area contributed by atoms with E-state index in [1.54, 1.807) is 0 Å². The van der Waals surface area contributed by atoms with Gasteiger partial charge >= 0.3 is 0 Å². The van der Waals surface area contributed by atoms with E-state index >= 15 is 0 Å². The number of aromatic nitrogens is 2. The molecular formula is C27H33N5O2. The van der Waals surface area contributed by atoms with Gasteiger partial charge in [-0.2, -0.15) is 5.10 Å². The lowest BCUT2D eigenvalue weighted by Crippen LogP contribution is -2.46. The number of aryl methyl sites for hydroxylation is 1. The maximum atomic E-state index is 13.5. The summed E-state index contributed by atoms with van der Waals surface area (Å²) in [5.41, 5.74) is 4.37. The Morgan fingerprint density at radius 2 is 1.82 bits per heavy atom. The first-order chi connectivity index (χ1) is 16.6. The van der Waals surface area contributed by atoms with Gasteiger partial charge in [0.25, 0.3) is 5.91 Å². The van der Waals surface area contributed by atoms with Crippen LogP contribution >= 0.6 is 0 Å². The van der Waals surface area contributed by atoms with Crippen LogP contribution in [-0.4, -0.2) is 68.9 Å². The van der Waals surface area contributed by atoms with Crippen LogP contribution in [0, 0.1) is 0 Å². The number of amides is 1. The summed E-state index contributed by atoms with van der Waals surface area (Å²) in [6, 6.07) is 10.6. The maximum absolute atomic E-state index is 13.5. The number of hydrogen-bond acceptors (Lipinski definition) is 5. The molecule has 3 aliphatic rings. The Morgan fingerprint density at radius 1 is 1.06 bits per heavy atom. The molecule has 2 aromatic carbocycles. The van der Waals surface area contributed by atoms with Gasteiger partial charge in [-0.1, -0.05) is 37.1 Å². The van der Waals surface area contributed by atoms with E-state index in [4.69, 9.17) is 0 Å². The second-order valence-electron chi connectivity index (χ2n) is 10.1. The van der Waals surface area contributed by atoms with Crippen LogP contribution in [0.4, 0.5) is 5.69 Å². The fourth-order valence-electron chi connectivity index (χ4n) is 6.10. The number of rotatable bonds is 4. The number of carbonyl (C=O) groups is 1. The van der Waals surface area contributed by atoms with Crippen molar-refractivity contribution in [2.45, 2.75) is 50.9 Å². The minimum absolute atomic E-state index is 0.0589. The van der Waals surface area contributed by atoms with Crippen molar-refractivity contribution in [3.63, 3.8) is 0 Å². The molecule has 1 amide bonds. The molecule has 2 unspecified atom stereocenters. The van der Waals surface area contributed by atoms with Crippen molar-refractivity contribution in [2.75, 3.05) is 31.1 Å². The second-order valence-corrected chi connectivity index (χ2v) is 10.1. The number of benzene rings is 2. The molecule has 6 rings (SSSR count). The number of hydrogen-bond donors (Lipinski definition) is 1. The third-order valence-electron chi connectivity index (χ3n) is 7.98. The summed E-state index contributed by atoms with van der Waals surface area (Å²) < 4.78 is 1.85. The van der Waals surface area contributed by atoms with E-state index in [0.29, 0.717) is 6.54 Å². The van der Waals surface area contributed by atoms with E-state index in [1.165, 1.54) is 22.0 Å². The number of nitrogens with zero attached hydrogens (tertiary/aromatic N) is 5. The first kappa shape index (κ1) is 21.6. The van der Waals surface area contributed by atoms with Crippen molar-refractivity contribution >= 4 is 22.4 Å². The number of aliphatic hydroxyl groups is 1. The summed E-state index contributed by atoms with van der Waals surface area (Å²) >= 11 is 0. The predicted molar refractivity (Wildman–Crippen MR) is 133 cm³/mol. The molecule has 2 fully saturated rings. The average Bonchev–Trinajstić information content (AvgIpc) is 3.44. The number of aliphatic hydroxyl groups excluding tert-OH is 1. The zero-order valence-electron chi connectivity index (χ0n) is 19.9. The van der Waals surface area contributed by atoms with E-state index in [2.05, 4.69) is 51.4 Å². The highest BCUT2D eigenvalue weighted by Gasteiger charge is 2.38. The summed E-state index contributed by atoms with van der Waals surface area (Å²) in [6.07, 6.45) is 7.42. The van der Waals surface area contributed by atoms with Crippen LogP contribution in [0.2, 0.25) is 0 Å². The maximum Gasteiger partial charge on any atom is 0.254 e. The van der Waals surface area contributed by atoms with Gasteiger partial charge in [-0.3, -0.25) is 14.4 Å². The molecule has 1 N–H and O–H groups in total. The molecule has 1 saturated heterocycles. The Balaban J connectivity index is 1.25. The molecular weight excluding hydrogens is 426 g/mol. The summed E-state index contributed by atoms with van der Waals surface area (Å²) in [5, 5.41) is 17.3. The van der Waals surface area contributed by atoms with Gasteiger partial charge in [0.15, 0.2) is 0 Å². The number of piperazine rings is 1. The van der Waals surface area contributed by atoms with Crippen molar-refractivity contribution in [3.8, 4) is 0 Å². The van der Waals surface area contributed by atoms with Gasteiger partial charge in [-0.15, -0.1) is 0 Å². The highest BCUT2D eigenvalue weighted by atomic mass is 16.3. The Hall–Kier alpha value is -2.90. The lowest BCUT2D eigenvalue weighted by molar-refractivity contribution is 0.0192. The summed E-state index contributed by atoms with van der Waals surface area (Å²) in [6.45, 7) is 5.36. The molecule has 1 aromatic heterocycles. The molecule has 0 radical (unpaired) electrons. The van der Waals surface area contributed by atoms with Crippen molar-refractivity contribution in [1.82, 2.24) is 19.6 Å². The molecule has 3 aromatic rings. The zero-order chi connectivity index (χ0) is 23.2. The van der Waals surface area contributed by atoms with Crippen LogP contribution in [0.15, 0.2) is 42.7 Å². The van der Waals surface area contributed by atoms with Gasteiger partial charge in [0.05, 0.1) is 24.0 Å². The summed E-state index contributed by atoms with van der Waals surface area (Å²) in [4.78, 5) is 20.3. The van der Waals surface area contributed by atoms with E-state index in [9.17, 15) is 9.90 Å². The molecule has 0 spiro atoms. The van der Waals surface area contributed by atoms with E-state index in [1.807, 2.05) is 22.8 Å². The fraction of sp³-hybridized carbons (Fsp3) is 0.481. The van der Waals surface area contributed by atoms with Crippen LogP contribution < -0.4 is 4.90 Å². The molecule has 1 saturated carbocycles. The van der Waals surface area contributed by atoms with Gasteiger partial charge in [0, 0.05) is 58.1 Å². The quantitative estimate of drug-likeness (QED) is 0.649. The van der Waals surface area contributed by atoms with Crippen molar-refractivity contribution in [3.05, 3.63) is 59.4 Å². The molecule has 2 atom stereocenters. The van der Waals surface area contributed by atoms with Gasteiger partial charge in [-0.05, 0) is 40.8 Å². The smallest absolute Gasteiger partial charge is 0.254 e. The fourth-order valence-corrected chi connectivity index (χ4v) is 6.10. The van der Waals surface area contributed by atoms with Gasteiger partial charge < -0.3 is 14.9 Å². The molecule has 7 heteroatoms. The minimum atomic E-state index is -0.408. The van der Waals surface area contributed by atoms with Crippen LogP contribution in [0.25, 0.3) is 10.8 Å². The highest BCUT2D eigenvalue weighted by Crippen LogP contribution is 2.37. The summed E-state index contributed by atoms with van der Waals surface area (Å²) in [5.74, 6) is 0.0920. The highest BCUT2D eigenvalue weighted by molar-refractivity contribution is 6.05. The van der Waals surface area contributed by atoms with Gasteiger partial charge in [0.2, 0.25) is 0 Å². The van der Waals surface area contributed by atoms with Gasteiger partial charge in [0.1, 0.15) is 0 Å². The number of fused-ring (bicyclic) bond motifs is 3. The van der Waals surface area contributed by atoms with Crippen LogP contribution in [-0.2, 0) is 20.1 Å². The average molecular weight is 460 g/mol. The predicted octanol–water partition coefficient (Wildman–Crippen LogP) is 3.15. The molecule has 3 heterocycles. The number of anilines is 1. The van der Waals surface area contributed by atoms with E-state index in [0.717, 1.165) is 69.5 Å². The molecule has 7 nitrogen and oxygen atoms in total. The Labute approximate surface area is 200 Å². The van der Waals surface area contributed by atoms with Crippen molar-refractivity contribution in [2.24, 2.45) is 7.05 Å². The molecule has 1 aliphatic carbocycles. The second kappa shape index (κ2) is 8.71. The standard InChI is InChI=1S/C27H33N5O2/c1-29-17-20(15-28-29)31-12-10-30(11-13-31)16-19-14-23-24(22-7-3-2-6-21(19)22)18-32(27(23)34)25-8-4-5-9-26(25)33/h2-3,6-7,14-15,17,25-26,33H,4-5,8-13,16,18H2,1H3. The topological polar surface area (TPSA) is 64.8 Å².